The third-order valence-corrected chi connectivity index (χ3v) is 2.39. The summed E-state index contributed by atoms with van der Waals surface area (Å²) in [6.07, 6.45) is 0.796. The van der Waals surface area contributed by atoms with Gasteiger partial charge in [0.2, 0.25) is 6.79 Å². The molecule has 0 radical (unpaired) electrons. The number of fused-ring (bicyclic) bond motifs is 1. The number of carbonyl (C=O) groups excluding carboxylic acids is 1. The van der Waals surface area contributed by atoms with E-state index in [1.54, 1.807) is 12.1 Å². The number of rotatable bonds is 1. The van der Waals surface area contributed by atoms with Gasteiger partial charge in [-0.05, 0) is 34.7 Å². The molecule has 0 N–H and O–H groups in total. The topological polar surface area (TPSA) is 35.5 Å². The summed E-state index contributed by atoms with van der Waals surface area (Å²) in [5, 5.41) is 0. The fraction of sp³-hybridized carbons (Fsp3) is 0.125. The van der Waals surface area contributed by atoms with Crippen LogP contribution in [0.1, 0.15) is 10.4 Å². The van der Waals surface area contributed by atoms with Gasteiger partial charge in [0.25, 0.3) is 0 Å². The van der Waals surface area contributed by atoms with Crippen molar-refractivity contribution in [3.05, 3.63) is 21.3 Å². The van der Waals surface area contributed by atoms with Crippen LogP contribution in [0.2, 0.25) is 0 Å². The minimum absolute atomic E-state index is 0.244. The first-order valence-electron chi connectivity index (χ1n) is 3.35. The quantitative estimate of drug-likeness (QED) is 0.580. The van der Waals surface area contributed by atoms with E-state index in [4.69, 9.17) is 9.47 Å². The number of hydrogen-bond donors (Lipinski definition) is 0. The van der Waals surface area contributed by atoms with Gasteiger partial charge in [0.15, 0.2) is 11.5 Å². The predicted octanol–water partition coefficient (Wildman–Crippen LogP) is 1.83. The number of ether oxygens (including phenoxy) is 2. The second-order valence-electron chi connectivity index (χ2n) is 2.35. The summed E-state index contributed by atoms with van der Waals surface area (Å²) in [6, 6.07) is 3.44. The molecule has 0 bridgehead atoms. The summed E-state index contributed by atoms with van der Waals surface area (Å²) in [5.74, 6) is 1.39. The molecule has 2 rings (SSSR count). The standard InChI is InChI=1S/C8H5IO3/c9-6-1-5(3-10)2-7-8(6)12-4-11-7/h1-3H,4H2. The van der Waals surface area contributed by atoms with E-state index in [0.717, 1.165) is 15.6 Å². The molecule has 4 heteroatoms. The van der Waals surface area contributed by atoms with Crippen LogP contribution in [0.5, 0.6) is 11.5 Å². The van der Waals surface area contributed by atoms with Gasteiger partial charge in [-0.15, -0.1) is 0 Å². The molecule has 0 amide bonds. The van der Waals surface area contributed by atoms with Crippen molar-refractivity contribution in [2.45, 2.75) is 0 Å². The third kappa shape index (κ3) is 1.16. The minimum Gasteiger partial charge on any atom is -0.454 e. The normalized spacial score (nSPS) is 13.1. The molecule has 1 aliphatic heterocycles. The lowest BCUT2D eigenvalue weighted by atomic mass is 10.2. The molecular formula is C8H5IO3. The molecule has 3 nitrogen and oxygen atoms in total. The van der Waals surface area contributed by atoms with Gasteiger partial charge in [-0.1, -0.05) is 0 Å². The Morgan fingerprint density at radius 3 is 3.00 bits per heavy atom. The molecule has 0 aliphatic carbocycles. The molecule has 0 saturated heterocycles. The van der Waals surface area contributed by atoms with E-state index in [9.17, 15) is 4.79 Å². The Labute approximate surface area is 82.8 Å². The highest BCUT2D eigenvalue weighted by Crippen LogP contribution is 2.36. The Morgan fingerprint density at radius 2 is 2.25 bits per heavy atom. The Bertz CT molecular complexity index is 335. The number of halogens is 1. The van der Waals surface area contributed by atoms with Crippen LogP contribution < -0.4 is 9.47 Å². The zero-order valence-electron chi connectivity index (χ0n) is 6.04. The molecule has 1 aromatic rings. The monoisotopic (exact) mass is 276 g/mol. The van der Waals surface area contributed by atoms with Crippen LogP contribution in [0.15, 0.2) is 12.1 Å². The first kappa shape index (κ1) is 7.85. The van der Waals surface area contributed by atoms with E-state index in [0.29, 0.717) is 11.3 Å². The molecule has 1 aromatic carbocycles. The maximum absolute atomic E-state index is 10.5. The second-order valence-corrected chi connectivity index (χ2v) is 3.52. The van der Waals surface area contributed by atoms with E-state index in [2.05, 4.69) is 22.6 Å². The van der Waals surface area contributed by atoms with E-state index < -0.39 is 0 Å². The average molecular weight is 276 g/mol. The summed E-state index contributed by atoms with van der Waals surface area (Å²) >= 11 is 2.11. The van der Waals surface area contributed by atoms with Crippen molar-refractivity contribution in [1.29, 1.82) is 0 Å². The van der Waals surface area contributed by atoms with Crippen molar-refractivity contribution in [3.8, 4) is 11.5 Å². The Kier molecular flexibility index (Phi) is 1.92. The number of benzene rings is 1. The first-order valence-corrected chi connectivity index (χ1v) is 4.43. The van der Waals surface area contributed by atoms with Crippen molar-refractivity contribution in [3.63, 3.8) is 0 Å². The number of carbonyl (C=O) groups is 1. The summed E-state index contributed by atoms with van der Waals surface area (Å²) in [5.41, 5.74) is 0.614. The predicted molar refractivity (Wildman–Crippen MR) is 50.7 cm³/mol. The van der Waals surface area contributed by atoms with Gasteiger partial charge in [0.1, 0.15) is 6.29 Å². The first-order chi connectivity index (χ1) is 5.81. The van der Waals surface area contributed by atoms with Crippen LogP contribution in [0, 0.1) is 3.57 Å². The molecule has 1 heterocycles. The van der Waals surface area contributed by atoms with Crippen molar-refractivity contribution in [2.24, 2.45) is 0 Å². The van der Waals surface area contributed by atoms with Crippen molar-refractivity contribution in [2.75, 3.05) is 6.79 Å². The zero-order chi connectivity index (χ0) is 8.55. The van der Waals surface area contributed by atoms with Crippen LogP contribution >= 0.6 is 22.6 Å². The lowest BCUT2D eigenvalue weighted by Crippen LogP contribution is -1.93. The molecule has 0 unspecified atom stereocenters. The van der Waals surface area contributed by atoms with Crippen LogP contribution in [0.4, 0.5) is 0 Å². The van der Waals surface area contributed by atoms with Crippen molar-refractivity contribution < 1.29 is 14.3 Å². The number of aldehydes is 1. The molecule has 0 atom stereocenters. The molecule has 0 fully saturated rings. The van der Waals surface area contributed by atoms with Crippen LogP contribution in [0.25, 0.3) is 0 Å². The molecule has 62 valence electrons. The van der Waals surface area contributed by atoms with Crippen LogP contribution in [-0.2, 0) is 0 Å². The summed E-state index contributed by atoms with van der Waals surface area (Å²) < 4.78 is 11.2. The fourth-order valence-corrected chi connectivity index (χ4v) is 1.84. The molecule has 0 spiro atoms. The maximum atomic E-state index is 10.5. The van der Waals surface area contributed by atoms with Gasteiger partial charge in [0.05, 0.1) is 3.57 Å². The van der Waals surface area contributed by atoms with Gasteiger partial charge < -0.3 is 9.47 Å². The van der Waals surface area contributed by atoms with Crippen LogP contribution in [0.3, 0.4) is 0 Å². The molecule has 1 aliphatic rings. The van der Waals surface area contributed by atoms with Gasteiger partial charge in [-0.25, -0.2) is 0 Å². The molecule has 0 saturated carbocycles. The lowest BCUT2D eigenvalue weighted by molar-refractivity contribution is 0.112. The Balaban J connectivity index is 2.58. The molecular weight excluding hydrogens is 271 g/mol. The number of hydrogen-bond acceptors (Lipinski definition) is 3. The lowest BCUT2D eigenvalue weighted by Gasteiger charge is -1.98. The minimum atomic E-state index is 0.244. The van der Waals surface area contributed by atoms with Gasteiger partial charge >= 0.3 is 0 Å². The second kappa shape index (κ2) is 2.93. The van der Waals surface area contributed by atoms with E-state index in [-0.39, 0.29) is 6.79 Å². The highest BCUT2D eigenvalue weighted by atomic mass is 127. The Morgan fingerprint density at radius 1 is 1.42 bits per heavy atom. The molecule has 12 heavy (non-hydrogen) atoms. The van der Waals surface area contributed by atoms with E-state index in [1.165, 1.54) is 0 Å². The summed E-state index contributed by atoms with van der Waals surface area (Å²) in [7, 11) is 0. The third-order valence-electron chi connectivity index (χ3n) is 1.59. The van der Waals surface area contributed by atoms with Crippen molar-refractivity contribution >= 4 is 28.9 Å². The Hall–Kier alpha value is -0.780. The van der Waals surface area contributed by atoms with E-state index in [1.807, 2.05) is 0 Å². The van der Waals surface area contributed by atoms with Gasteiger partial charge in [-0.2, -0.15) is 0 Å². The highest BCUT2D eigenvalue weighted by molar-refractivity contribution is 14.1. The maximum Gasteiger partial charge on any atom is 0.231 e. The largest absolute Gasteiger partial charge is 0.454 e. The van der Waals surface area contributed by atoms with Gasteiger partial charge in [0, 0.05) is 5.56 Å². The average Bonchev–Trinajstić information content (AvgIpc) is 2.52. The summed E-state index contributed by atoms with van der Waals surface area (Å²) in [4.78, 5) is 10.5. The smallest absolute Gasteiger partial charge is 0.231 e. The van der Waals surface area contributed by atoms with E-state index >= 15 is 0 Å². The van der Waals surface area contributed by atoms with Gasteiger partial charge in [-0.3, -0.25) is 4.79 Å². The van der Waals surface area contributed by atoms with Crippen molar-refractivity contribution in [1.82, 2.24) is 0 Å². The summed E-state index contributed by atoms with van der Waals surface area (Å²) in [6.45, 7) is 0.244. The molecule has 0 aromatic heterocycles. The SMILES string of the molecule is O=Cc1cc(I)c2c(c1)OCO2. The van der Waals surface area contributed by atoms with Crippen LogP contribution in [-0.4, -0.2) is 13.1 Å². The highest BCUT2D eigenvalue weighted by Gasteiger charge is 2.17. The zero-order valence-corrected chi connectivity index (χ0v) is 8.20. The fourth-order valence-electron chi connectivity index (χ4n) is 1.06.